The summed E-state index contributed by atoms with van der Waals surface area (Å²) < 4.78 is 0. The molecule has 1 N–H and O–H groups in total. The summed E-state index contributed by atoms with van der Waals surface area (Å²) in [5.41, 5.74) is 10.2. The molecule has 0 aliphatic heterocycles. The smallest absolute Gasteiger partial charge is 0.0385 e. The molecule has 0 fully saturated rings. The predicted octanol–water partition coefficient (Wildman–Crippen LogP) is 15.0. The van der Waals surface area contributed by atoms with Crippen molar-refractivity contribution in [2.75, 3.05) is 5.32 Å². The molecule has 0 atom stereocenters. The van der Waals surface area contributed by atoms with E-state index in [1.807, 2.05) is 0 Å². The summed E-state index contributed by atoms with van der Waals surface area (Å²) in [6, 6.07) is 28.3. The van der Waals surface area contributed by atoms with Gasteiger partial charge in [-0.05, 0) is 114 Å². The van der Waals surface area contributed by atoms with E-state index < -0.39 is 0 Å². The van der Waals surface area contributed by atoms with E-state index in [1.54, 1.807) is 16.7 Å². The van der Waals surface area contributed by atoms with Crippen molar-refractivity contribution in [3.05, 3.63) is 119 Å². The van der Waals surface area contributed by atoms with Gasteiger partial charge in [-0.1, -0.05) is 172 Å². The Morgan fingerprint density at radius 2 is 1.04 bits per heavy atom. The number of hydrogen-bond donors (Lipinski definition) is 1. The van der Waals surface area contributed by atoms with Gasteiger partial charge in [-0.3, -0.25) is 0 Å². The second-order valence-electron chi connectivity index (χ2n) is 14.8. The second-order valence-corrected chi connectivity index (χ2v) is 14.8. The Morgan fingerprint density at radius 3 is 1.63 bits per heavy atom. The van der Waals surface area contributed by atoms with Crippen molar-refractivity contribution in [1.82, 2.24) is 0 Å². The van der Waals surface area contributed by atoms with Gasteiger partial charge in [-0.15, -0.1) is 0 Å². The molecule has 0 aliphatic rings. The van der Waals surface area contributed by atoms with Crippen LogP contribution in [0.15, 0.2) is 85.4 Å². The van der Waals surface area contributed by atoms with Crippen molar-refractivity contribution in [2.24, 2.45) is 0 Å². The predicted molar refractivity (Wildman–Crippen MR) is 227 cm³/mol. The SMILES string of the molecule is C=C(Nc1ccc(C#Cc2cccc3ccccc23)cc1)c1cc(CCCCCCCC)c(CCCCCCCC)c(CCCCCCCC)c1. The van der Waals surface area contributed by atoms with Gasteiger partial charge < -0.3 is 5.32 Å². The van der Waals surface area contributed by atoms with Gasteiger partial charge in [0.15, 0.2) is 0 Å². The Labute approximate surface area is 312 Å². The lowest BCUT2D eigenvalue weighted by Gasteiger charge is -2.20. The van der Waals surface area contributed by atoms with Crippen LogP contribution in [0.3, 0.4) is 0 Å². The standard InChI is InChI=1S/C50H67N/c1-5-8-11-14-17-20-27-45-39-47(40-46(28-21-18-15-12-9-6-2)50(45)31-22-19-16-13-10-7-3)41(4)51-48-37-34-42(35-38-48)33-36-44-30-25-29-43-26-23-24-32-49(43)44/h23-26,29-30,32,34-35,37-40,51H,4-22,27-28,31H2,1-3H3. The minimum atomic E-state index is 0.990. The quantitative estimate of drug-likeness (QED) is 0.0573. The van der Waals surface area contributed by atoms with E-state index in [0.717, 1.165) is 22.5 Å². The van der Waals surface area contributed by atoms with Crippen LogP contribution in [0.4, 0.5) is 5.69 Å². The number of anilines is 1. The van der Waals surface area contributed by atoms with Gasteiger partial charge in [0.2, 0.25) is 0 Å². The maximum atomic E-state index is 4.58. The van der Waals surface area contributed by atoms with Crippen LogP contribution in [0, 0.1) is 11.8 Å². The summed E-state index contributed by atoms with van der Waals surface area (Å²) in [6.07, 6.45) is 27.8. The fraction of sp³-hybridized carbons (Fsp3) is 0.480. The van der Waals surface area contributed by atoms with E-state index >= 15 is 0 Å². The largest absolute Gasteiger partial charge is 0.356 e. The van der Waals surface area contributed by atoms with Crippen LogP contribution in [0.5, 0.6) is 0 Å². The molecule has 0 aliphatic carbocycles. The third-order valence-corrected chi connectivity index (χ3v) is 10.5. The van der Waals surface area contributed by atoms with Gasteiger partial charge >= 0.3 is 0 Å². The highest BCUT2D eigenvalue weighted by molar-refractivity contribution is 5.88. The van der Waals surface area contributed by atoms with E-state index in [1.165, 1.54) is 151 Å². The highest BCUT2D eigenvalue weighted by Crippen LogP contribution is 2.29. The summed E-state index contributed by atoms with van der Waals surface area (Å²) in [4.78, 5) is 0. The number of rotatable bonds is 24. The topological polar surface area (TPSA) is 12.0 Å². The molecule has 0 unspecified atom stereocenters. The number of benzene rings is 4. The Morgan fingerprint density at radius 1 is 0.529 bits per heavy atom. The molecule has 0 radical (unpaired) electrons. The van der Waals surface area contributed by atoms with E-state index in [4.69, 9.17) is 0 Å². The zero-order chi connectivity index (χ0) is 35.9. The molecule has 0 bridgehead atoms. The van der Waals surface area contributed by atoms with Gasteiger partial charge in [0.1, 0.15) is 0 Å². The minimum absolute atomic E-state index is 0.990. The molecule has 4 rings (SSSR count). The van der Waals surface area contributed by atoms with E-state index in [-0.39, 0.29) is 0 Å². The van der Waals surface area contributed by atoms with Crippen molar-refractivity contribution < 1.29 is 0 Å². The van der Waals surface area contributed by atoms with Crippen molar-refractivity contribution in [1.29, 1.82) is 0 Å². The molecule has 4 aromatic carbocycles. The highest BCUT2D eigenvalue weighted by Gasteiger charge is 2.14. The third-order valence-electron chi connectivity index (χ3n) is 10.5. The average Bonchev–Trinajstić information content (AvgIpc) is 3.16. The molecule has 0 spiro atoms. The van der Waals surface area contributed by atoms with E-state index in [0.29, 0.717) is 0 Å². The fourth-order valence-electron chi connectivity index (χ4n) is 7.37. The Hall–Kier alpha value is -3.76. The van der Waals surface area contributed by atoms with Crippen molar-refractivity contribution in [3.8, 4) is 11.8 Å². The first-order valence-electron chi connectivity index (χ1n) is 20.8. The number of nitrogens with one attached hydrogen (secondary N) is 1. The molecule has 1 nitrogen and oxygen atoms in total. The normalized spacial score (nSPS) is 11.0. The van der Waals surface area contributed by atoms with E-state index in [9.17, 15) is 0 Å². The highest BCUT2D eigenvalue weighted by atomic mass is 14.9. The van der Waals surface area contributed by atoms with Crippen LogP contribution >= 0.6 is 0 Å². The lowest BCUT2D eigenvalue weighted by atomic mass is 9.87. The Bertz CT molecular complexity index is 1600. The maximum absolute atomic E-state index is 4.58. The summed E-state index contributed by atoms with van der Waals surface area (Å²) in [5.74, 6) is 6.80. The molecule has 272 valence electrons. The summed E-state index contributed by atoms with van der Waals surface area (Å²) >= 11 is 0. The van der Waals surface area contributed by atoms with Crippen molar-refractivity contribution in [2.45, 2.75) is 156 Å². The zero-order valence-corrected chi connectivity index (χ0v) is 32.6. The lowest BCUT2D eigenvalue weighted by Crippen LogP contribution is -2.06. The monoisotopic (exact) mass is 682 g/mol. The molecule has 0 amide bonds. The molecule has 4 aromatic rings. The molecule has 0 heterocycles. The molecule has 0 saturated heterocycles. The van der Waals surface area contributed by atoms with Crippen LogP contribution in [-0.2, 0) is 19.3 Å². The first-order valence-corrected chi connectivity index (χ1v) is 20.8. The van der Waals surface area contributed by atoms with E-state index in [2.05, 4.69) is 123 Å². The summed E-state index contributed by atoms with van der Waals surface area (Å²) in [5, 5.41) is 6.09. The third kappa shape index (κ3) is 14.1. The van der Waals surface area contributed by atoms with Crippen molar-refractivity contribution >= 4 is 22.2 Å². The number of hydrogen-bond acceptors (Lipinski definition) is 1. The second kappa shape index (κ2) is 23.7. The Balaban J connectivity index is 1.50. The van der Waals surface area contributed by atoms with Crippen LogP contribution in [0.2, 0.25) is 0 Å². The number of unbranched alkanes of at least 4 members (excludes halogenated alkanes) is 15. The van der Waals surface area contributed by atoms with Crippen molar-refractivity contribution in [3.63, 3.8) is 0 Å². The first kappa shape index (κ1) is 40.0. The zero-order valence-electron chi connectivity index (χ0n) is 32.6. The number of aryl methyl sites for hydroxylation is 2. The summed E-state index contributed by atoms with van der Waals surface area (Å²) in [7, 11) is 0. The molecule has 51 heavy (non-hydrogen) atoms. The van der Waals surface area contributed by atoms with Gasteiger partial charge in [0.05, 0.1) is 0 Å². The maximum Gasteiger partial charge on any atom is 0.0385 e. The fourth-order valence-corrected chi connectivity index (χ4v) is 7.37. The molecule has 0 saturated carbocycles. The number of fused-ring (bicyclic) bond motifs is 1. The first-order chi connectivity index (χ1) is 25.1. The van der Waals surface area contributed by atoms with Gasteiger partial charge in [0, 0.05) is 22.5 Å². The Kier molecular flexibility index (Phi) is 18.6. The molecule has 1 heteroatoms. The minimum Gasteiger partial charge on any atom is -0.356 e. The van der Waals surface area contributed by atoms with Crippen LogP contribution in [0.1, 0.15) is 170 Å². The average molecular weight is 682 g/mol. The molecule has 0 aromatic heterocycles. The lowest BCUT2D eigenvalue weighted by molar-refractivity contribution is 0.593. The molecular weight excluding hydrogens is 615 g/mol. The van der Waals surface area contributed by atoms with Gasteiger partial charge in [-0.25, -0.2) is 0 Å². The van der Waals surface area contributed by atoms with Crippen LogP contribution < -0.4 is 5.32 Å². The van der Waals surface area contributed by atoms with Gasteiger partial charge in [-0.2, -0.15) is 0 Å². The molecular formula is C50H67N. The van der Waals surface area contributed by atoms with Crippen LogP contribution in [0.25, 0.3) is 16.5 Å². The van der Waals surface area contributed by atoms with Crippen LogP contribution in [-0.4, -0.2) is 0 Å². The van der Waals surface area contributed by atoms with Gasteiger partial charge in [0.25, 0.3) is 0 Å². The summed E-state index contributed by atoms with van der Waals surface area (Å²) in [6.45, 7) is 11.5.